The fourth-order valence-corrected chi connectivity index (χ4v) is 2.47. The summed E-state index contributed by atoms with van der Waals surface area (Å²) in [6.07, 6.45) is 1.94. The first-order valence-corrected chi connectivity index (χ1v) is 10.8. The molecule has 0 saturated carbocycles. The van der Waals surface area contributed by atoms with Gasteiger partial charge in [0.05, 0.1) is 6.61 Å². The number of hydrogen-bond donors (Lipinski definition) is 0. The van der Waals surface area contributed by atoms with Crippen LogP contribution in [0.2, 0.25) is 18.1 Å². The second-order valence-corrected chi connectivity index (χ2v) is 12.3. The van der Waals surface area contributed by atoms with Gasteiger partial charge in [0.15, 0.2) is 19.9 Å². The molecule has 1 atom stereocenters. The predicted molar refractivity (Wildman–Crippen MR) is 93.9 cm³/mol. The lowest BCUT2D eigenvalue weighted by Crippen LogP contribution is -2.41. The number of carbonyl (C=O) groups excluding carboxylic acids is 2. The topological polar surface area (TPSA) is 61.8 Å². The molecule has 0 aliphatic carbocycles. The molecular formula is C17H32O5Si. The normalized spacial score (nSPS) is 14.5. The molecule has 0 fully saturated rings. The van der Waals surface area contributed by atoms with E-state index in [4.69, 9.17) is 13.9 Å². The molecule has 0 aromatic rings. The lowest BCUT2D eigenvalue weighted by atomic mass is 10.0. The summed E-state index contributed by atoms with van der Waals surface area (Å²) in [5.41, 5.74) is 0. The molecule has 0 spiro atoms. The van der Waals surface area contributed by atoms with Crippen molar-refractivity contribution in [2.24, 2.45) is 5.92 Å². The highest BCUT2D eigenvalue weighted by molar-refractivity contribution is 6.74. The zero-order chi connectivity index (χ0) is 18.3. The number of methoxy groups -OCH3 is 1. The van der Waals surface area contributed by atoms with Gasteiger partial charge in [0, 0.05) is 7.11 Å². The van der Waals surface area contributed by atoms with Crippen molar-refractivity contribution in [3.05, 3.63) is 12.2 Å². The van der Waals surface area contributed by atoms with Crippen LogP contribution >= 0.6 is 0 Å². The van der Waals surface area contributed by atoms with E-state index in [-0.39, 0.29) is 35.9 Å². The van der Waals surface area contributed by atoms with Crippen LogP contribution in [0.4, 0.5) is 0 Å². The van der Waals surface area contributed by atoms with E-state index in [1.54, 1.807) is 0 Å². The summed E-state index contributed by atoms with van der Waals surface area (Å²) >= 11 is 0. The Kier molecular flexibility index (Phi) is 9.13. The van der Waals surface area contributed by atoms with Gasteiger partial charge in [-0.1, -0.05) is 34.6 Å². The molecular weight excluding hydrogens is 312 g/mol. The van der Waals surface area contributed by atoms with E-state index >= 15 is 0 Å². The highest BCUT2D eigenvalue weighted by atomic mass is 28.4. The Morgan fingerprint density at radius 1 is 1.13 bits per heavy atom. The van der Waals surface area contributed by atoms with E-state index in [2.05, 4.69) is 33.9 Å². The third-order valence-electron chi connectivity index (χ3n) is 4.07. The van der Waals surface area contributed by atoms with Gasteiger partial charge < -0.3 is 13.9 Å². The van der Waals surface area contributed by atoms with Crippen LogP contribution in [0.15, 0.2) is 12.2 Å². The van der Waals surface area contributed by atoms with Gasteiger partial charge >= 0.3 is 0 Å². The Balaban J connectivity index is 4.59. The average molecular weight is 345 g/mol. The number of ether oxygens (including phenoxy) is 2. The van der Waals surface area contributed by atoms with E-state index < -0.39 is 14.4 Å². The molecule has 0 rings (SSSR count). The number of hydrogen-bond acceptors (Lipinski definition) is 5. The molecule has 0 saturated heterocycles. The zero-order valence-corrected chi connectivity index (χ0v) is 16.8. The molecule has 23 heavy (non-hydrogen) atoms. The summed E-state index contributed by atoms with van der Waals surface area (Å²) in [6, 6.07) is 0. The molecule has 0 N–H and O–H groups in total. The van der Waals surface area contributed by atoms with Gasteiger partial charge in [-0.3, -0.25) is 9.59 Å². The second kappa shape index (κ2) is 9.47. The quantitative estimate of drug-likeness (QED) is 0.345. The fourth-order valence-electron chi connectivity index (χ4n) is 1.53. The maximum absolute atomic E-state index is 12.1. The average Bonchev–Trinajstić information content (AvgIpc) is 2.41. The molecule has 0 bridgehead atoms. The van der Waals surface area contributed by atoms with E-state index in [0.29, 0.717) is 0 Å². The standard InChI is InChI=1S/C17H32O5Si/c1-13(2)16(21-12-20-6)15(19)10-9-14(18)11-22-23(7,8)17(3,4)5/h9-10,13,16H,11-12H2,1-8H3/b10-9+. The molecule has 1 unspecified atom stereocenters. The monoisotopic (exact) mass is 344 g/mol. The van der Waals surface area contributed by atoms with E-state index in [1.807, 2.05) is 13.8 Å². The van der Waals surface area contributed by atoms with Crippen LogP contribution in [-0.4, -0.2) is 46.5 Å². The molecule has 134 valence electrons. The van der Waals surface area contributed by atoms with Crippen molar-refractivity contribution < 1.29 is 23.5 Å². The van der Waals surface area contributed by atoms with Crippen LogP contribution < -0.4 is 0 Å². The molecule has 0 heterocycles. The molecule has 5 nitrogen and oxygen atoms in total. The summed E-state index contributed by atoms with van der Waals surface area (Å²) < 4.78 is 16.0. The highest BCUT2D eigenvalue weighted by Crippen LogP contribution is 2.36. The van der Waals surface area contributed by atoms with Crippen molar-refractivity contribution in [2.75, 3.05) is 20.5 Å². The summed E-state index contributed by atoms with van der Waals surface area (Å²) in [5.74, 6) is -0.448. The largest absolute Gasteiger partial charge is 0.409 e. The van der Waals surface area contributed by atoms with Gasteiger partial charge in [-0.05, 0) is 36.2 Å². The molecule has 6 heteroatoms. The van der Waals surface area contributed by atoms with Gasteiger partial charge in [-0.25, -0.2) is 0 Å². The first-order chi connectivity index (χ1) is 10.4. The minimum atomic E-state index is -1.96. The van der Waals surface area contributed by atoms with E-state index in [9.17, 15) is 9.59 Å². The molecule has 0 amide bonds. The smallest absolute Gasteiger partial charge is 0.192 e. The number of ketones is 2. The number of carbonyl (C=O) groups is 2. The van der Waals surface area contributed by atoms with Crippen LogP contribution in [0.3, 0.4) is 0 Å². The van der Waals surface area contributed by atoms with Gasteiger partial charge in [-0.2, -0.15) is 0 Å². The van der Waals surface area contributed by atoms with Crippen LogP contribution in [0, 0.1) is 5.92 Å². The van der Waals surface area contributed by atoms with E-state index in [0.717, 1.165) is 0 Å². The second-order valence-electron chi connectivity index (χ2n) is 7.49. The first kappa shape index (κ1) is 22.2. The van der Waals surface area contributed by atoms with Crippen molar-refractivity contribution >= 4 is 19.9 Å². The first-order valence-electron chi connectivity index (χ1n) is 7.91. The Bertz CT molecular complexity index is 421. The minimum absolute atomic E-state index is 0.000818. The van der Waals surface area contributed by atoms with Crippen molar-refractivity contribution in [3.8, 4) is 0 Å². The number of rotatable bonds is 10. The maximum Gasteiger partial charge on any atom is 0.192 e. The molecule has 0 radical (unpaired) electrons. The van der Waals surface area contributed by atoms with Gasteiger partial charge in [0.1, 0.15) is 12.9 Å². The third-order valence-corrected chi connectivity index (χ3v) is 8.54. The molecule has 0 aromatic carbocycles. The minimum Gasteiger partial charge on any atom is -0.409 e. The summed E-state index contributed by atoms with van der Waals surface area (Å²) in [6.45, 7) is 14.3. The third kappa shape index (κ3) is 8.01. The van der Waals surface area contributed by atoms with Crippen molar-refractivity contribution in [3.63, 3.8) is 0 Å². The van der Waals surface area contributed by atoms with Gasteiger partial charge in [0.25, 0.3) is 0 Å². The summed E-state index contributed by atoms with van der Waals surface area (Å²) in [5, 5.41) is 0.0452. The van der Waals surface area contributed by atoms with Gasteiger partial charge in [-0.15, -0.1) is 0 Å². The zero-order valence-electron chi connectivity index (χ0n) is 15.8. The molecule has 0 aromatic heterocycles. The van der Waals surface area contributed by atoms with E-state index in [1.165, 1.54) is 19.3 Å². The van der Waals surface area contributed by atoms with Crippen molar-refractivity contribution in [1.82, 2.24) is 0 Å². The molecule has 0 aliphatic rings. The van der Waals surface area contributed by atoms with Crippen LogP contribution in [-0.2, 0) is 23.5 Å². The summed E-state index contributed by atoms with van der Waals surface area (Å²) in [4.78, 5) is 24.0. The van der Waals surface area contributed by atoms with Crippen LogP contribution in [0.5, 0.6) is 0 Å². The van der Waals surface area contributed by atoms with Crippen LogP contribution in [0.25, 0.3) is 0 Å². The highest BCUT2D eigenvalue weighted by Gasteiger charge is 2.37. The maximum atomic E-state index is 12.1. The van der Waals surface area contributed by atoms with Crippen LogP contribution in [0.1, 0.15) is 34.6 Å². The Morgan fingerprint density at radius 2 is 1.70 bits per heavy atom. The SMILES string of the molecule is COCOC(C(=O)/C=C/C(=O)CO[Si](C)(C)C(C)(C)C)C(C)C. The fraction of sp³-hybridized carbons (Fsp3) is 0.765. The van der Waals surface area contributed by atoms with Gasteiger partial charge in [0.2, 0.25) is 0 Å². The lowest BCUT2D eigenvalue weighted by molar-refractivity contribution is -0.139. The Morgan fingerprint density at radius 3 is 2.13 bits per heavy atom. The van der Waals surface area contributed by atoms with Crippen molar-refractivity contribution in [2.45, 2.75) is 58.9 Å². The summed E-state index contributed by atoms with van der Waals surface area (Å²) in [7, 11) is -0.463. The van der Waals surface area contributed by atoms with Crippen molar-refractivity contribution in [1.29, 1.82) is 0 Å². The predicted octanol–water partition coefficient (Wildman–Crippen LogP) is 3.35. The Labute approximate surface area is 141 Å². The Hall–Kier alpha value is -0.823. The lowest BCUT2D eigenvalue weighted by Gasteiger charge is -2.35. The molecule has 0 aliphatic heterocycles.